The Morgan fingerprint density at radius 2 is 0.862 bits per heavy atom. The molecule has 4 aromatic rings. The molecule has 0 aliphatic rings. The summed E-state index contributed by atoms with van der Waals surface area (Å²) in [5, 5.41) is 29.5. The molecule has 2 aromatic carbocycles. The molecule has 0 aliphatic carbocycles. The number of pyridine rings is 2. The molecule has 0 spiro atoms. The fourth-order valence-electron chi connectivity index (χ4n) is 6.36. The molecule has 14 nitrogen and oxygen atoms in total. The van der Waals surface area contributed by atoms with Crippen molar-refractivity contribution in [3.63, 3.8) is 0 Å². The number of aromatic nitrogens is 2. The summed E-state index contributed by atoms with van der Waals surface area (Å²) in [6, 6.07) is 20.0. The number of sulfonamides is 2. The average Bonchev–Trinajstić information content (AvgIpc) is 3.21. The van der Waals surface area contributed by atoms with E-state index in [2.05, 4.69) is 30.0 Å². The van der Waals surface area contributed by atoms with Crippen LogP contribution in [0.4, 0.5) is 0 Å². The van der Waals surface area contributed by atoms with Crippen molar-refractivity contribution < 1.29 is 36.6 Å². The predicted molar refractivity (Wildman–Crippen MR) is 223 cm³/mol. The van der Waals surface area contributed by atoms with Crippen molar-refractivity contribution in [3.8, 4) is 0 Å². The molecule has 2 amide bonds. The number of nitrogens with one attached hydrogen (secondary N) is 4. The maximum atomic E-state index is 14.0. The summed E-state index contributed by atoms with van der Waals surface area (Å²) in [4.78, 5) is 35.8. The maximum absolute atomic E-state index is 14.0. The highest BCUT2D eigenvalue weighted by Crippen LogP contribution is 2.17. The third kappa shape index (κ3) is 15.0. The highest BCUT2D eigenvalue weighted by Gasteiger charge is 2.38. The molecule has 2 unspecified atom stereocenters. The van der Waals surface area contributed by atoms with Crippen molar-refractivity contribution in [1.82, 2.24) is 30.0 Å². The first-order valence-corrected chi connectivity index (χ1v) is 22.7. The summed E-state index contributed by atoms with van der Waals surface area (Å²) in [5.74, 6) is -2.97. The molecule has 0 bridgehead atoms. The van der Waals surface area contributed by atoms with Crippen molar-refractivity contribution in [2.45, 2.75) is 89.8 Å². The summed E-state index contributed by atoms with van der Waals surface area (Å²) in [5.41, 5.74) is 2.95. The van der Waals surface area contributed by atoms with Gasteiger partial charge in [0.25, 0.3) is 0 Å². The van der Waals surface area contributed by atoms with Gasteiger partial charge in [-0.2, -0.15) is 0 Å². The number of rotatable bonds is 23. The van der Waals surface area contributed by atoms with E-state index in [1.807, 2.05) is 12.1 Å². The molecule has 0 saturated heterocycles. The molecular formula is C42H56N6O8S2. The monoisotopic (exact) mass is 836 g/mol. The topological polar surface area (TPSA) is 217 Å². The van der Waals surface area contributed by atoms with Crippen molar-refractivity contribution in [1.29, 1.82) is 0 Å². The third-order valence-electron chi connectivity index (χ3n) is 9.76. The number of nitrogens with zero attached hydrogens (tertiary/aromatic N) is 2. The second kappa shape index (κ2) is 22.0. The van der Waals surface area contributed by atoms with Crippen molar-refractivity contribution in [3.05, 3.63) is 132 Å². The minimum atomic E-state index is -3.95. The zero-order valence-electron chi connectivity index (χ0n) is 33.3. The number of carbonyl (C=O) groups is 2. The lowest BCUT2D eigenvalue weighted by Gasteiger charge is -2.35. The van der Waals surface area contributed by atoms with Gasteiger partial charge in [-0.05, 0) is 84.0 Å². The second-order valence-corrected chi connectivity index (χ2v) is 18.9. The van der Waals surface area contributed by atoms with E-state index in [0.29, 0.717) is 11.1 Å². The van der Waals surface area contributed by atoms with E-state index in [9.17, 15) is 36.6 Å². The van der Waals surface area contributed by atoms with Crippen molar-refractivity contribution in [2.75, 3.05) is 11.5 Å². The Kier molecular flexibility index (Phi) is 17.5. The minimum absolute atomic E-state index is 0.0440. The van der Waals surface area contributed by atoms with Crippen LogP contribution in [0.25, 0.3) is 0 Å². The normalized spacial score (nSPS) is 15.2. The molecule has 0 radical (unpaired) electrons. The first kappa shape index (κ1) is 46.1. The van der Waals surface area contributed by atoms with Crippen molar-refractivity contribution in [2.24, 2.45) is 11.8 Å². The fraction of sp³-hybridized carbons (Fsp3) is 0.429. The maximum Gasteiger partial charge on any atom is 0.238 e. The molecule has 0 aliphatic heterocycles. The van der Waals surface area contributed by atoms with Gasteiger partial charge in [0.1, 0.15) is 24.3 Å². The molecule has 2 heterocycles. The van der Waals surface area contributed by atoms with Crippen LogP contribution in [0.2, 0.25) is 0 Å². The van der Waals surface area contributed by atoms with Crippen LogP contribution in [0.5, 0.6) is 0 Å². The van der Waals surface area contributed by atoms with Crippen LogP contribution in [0.15, 0.2) is 110 Å². The third-order valence-corrected chi connectivity index (χ3v) is 12.5. The van der Waals surface area contributed by atoms with E-state index in [1.165, 1.54) is 0 Å². The van der Waals surface area contributed by atoms with Gasteiger partial charge in [0.2, 0.25) is 31.9 Å². The zero-order chi connectivity index (χ0) is 42.3. The number of aryl methyl sites for hydroxylation is 2. The lowest BCUT2D eigenvalue weighted by atomic mass is 9.90. The number of carbonyl (C=O) groups excluding carboxylic acids is 2. The molecule has 6 N–H and O–H groups in total. The summed E-state index contributed by atoms with van der Waals surface area (Å²) in [6.07, 6.45) is 3.38. The second-order valence-electron chi connectivity index (χ2n) is 15.1. The highest BCUT2D eigenvalue weighted by atomic mass is 32.2. The Morgan fingerprint density at radius 1 is 0.534 bits per heavy atom. The van der Waals surface area contributed by atoms with Gasteiger partial charge in [-0.1, -0.05) is 88.4 Å². The van der Waals surface area contributed by atoms with Gasteiger partial charge in [-0.3, -0.25) is 19.6 Å². The summed E-state index contributed by atoms with van der Waals surface area (Å²) in [6.45, 7) is 6.77. The number of amides is 2. The molecule has 314 valence electrons. The lowest BCUT2D eigenvalue weighted by Crippen LogP contribution is -2.61. The van der Waals surface area contributed by atoms with E-state index in [-0.39, 0.29) is 37.2 Å². The number of aliphatic hydroxyl groups is 2. The highest BCUT2D eigenvalue weighted by molar-refractivity contribution is 7.89. The zero-order valence-corrected chi connectivity index (χ0v) is 34.9. The summed E-state index contributed by atoms with van der Waals surface area (Å²) < 4.78 is 57.9. The van der Waals surface area contributed by atoms with Gasteiger partial charge < -0.3 is 20.8 Å². The van der Waals surface area contributed by atoms with Gasteiger partial charge in [-0.25, -0.2) is 26.3 Å². The van der Waals surface area contributed by atoms with Crippen LogP contribution in [-0.2, 0) is 55.3 Å². The molecule has 0 saturated carbocycles. The number of aliphatic hydroxyl groups excluding tert-OH is 2. The first-order chi connectivity index (χ1) is 27.5. The standard InChI is InChI=1S/C42H56N6O8S2/c1-29(2)37(47-57(53,54)25-19-31-15-21-43-22-16-31)41(51)45-35(27-33-11-7-5-8-12-33)39(49)40(50)36(28-34-13-9-6-10-14-34)46-42(52)38(30(3)4)48-58(55,56)26-20-32-17-23-44-24-18-32/h5-18,21-24,29-30,35-40,47-50H,19-20,25-28H2,1-4H3,(H,45,51)(H,46,52)/t35-,36-,37?,38?,39+,40+/m0/s1. The molecule has 0 fully saturated rings. The van der Waals surface area contributed by atoms with E-state index in [1.54, 1.807) is 125 Å². The van der Waals surface area contributed by atoms with Gasteiger partial charge >= 0.3 is 0 Å². The van der Waals surface area contributed by atoms with Crippen LogP contribution in [0, 0.1) is 11.8 Å². The number of benzene rings is 2. The lowest BCUT2D eigenvalue weighted by molar-refractivity contribution is -0.129. The molecule has 58 heavy (non-hydrogen) atoms. The van der Waals surface area contributed by atoms with E-state index < -0.39 is 80.1 Å². The summed E-state index contributed by atoms with van der Waals surface area (Å²) in [7, 11) is -7.90. The van der Waals surface area contributed by atoms with Crippen molar-refractivity contribution >= 4 is 31.9 Å². The van der Waals surface area contributed by atoms with E-state index in [4.69, 9.17) is 0 Å². The average molecular weight is 837 g/mol. The largest absolute Gasteiger partial charge is 0.388 e. The van der Waals surface area contributed by atoms with E-state index in [0.717, 1.165) is 11.1 Å². The molecule has 4 rings (SSSR count). The Balaban J connectivity index is 1.57. The van der Waals surface area contributed by atoms with Gasteiger partial charge in [0.05, 0.1) is 23.6 Å². The predicted octanol–water partition coefficient (Wildman–Crippen LogP) is 2.33. The SMILES string of the molecule is CC(C)C(NS(=O)(=O)CCc1ccncc1)C(=O)N[C@@H](Cc1ccccc1)[C@@H](O)[C@H](O)[C@H](Cc1ccccc1)NC(=O)C(NS(=O)(=O)CCc1ccncc1)C(C)C. The number of hydrogen-bond acceptors (Lipinski definition) is 10. The van der Waals surface area contributed by atoms with Crippen LogP contribution < -0.4 is 20.1 Å². The van der Waals surface area contributed by atoms with E-state index >= 15 is 0 Å². The molecule has 16 heteroatoms. The smallest absolute Gasteiger partial charge is 0.238 e. The van der Waals surface area contributed by atoms with Gasteiger partial charge in [0, 0.05) is 24.8 Å². The van der Waals surface area contributed by atoms with Gasteiger partial charge in [0.15, 0.2) is 0 Å². The summed E-state index contributed by atoms with van der Waals surface area (Å²) >= 11 is 0. The minimum Gasteiger partial charge on any atom is -0.388 e. The van der Waals surface area contributed by atoms with Crippen LogP contribution in [-0.4, -0.2) is 96.7 Å². The van der Waals surface area contributed by atoms with Crippen LogP contribution in [0.1, 0.15) is 49.9 Å². The molecule has 2 aromatic heterocycles. The Bertz CT molecular complexity index is 1930. The van der Waals surface area contributed by atoms with Crippen LogP contribution in [0.3, 0.4) is 0 Å². The Morgan fingerprint density at radius 3 is 1.17 bits per heavy atom. The fourth-order valence-corrected chi connectivity index (χ4v) is 9.14. The van der Waals surface area contributed by atoms with Crippen LogP contribution >= 0.6 is 0 Å². The molecule has 6 atom stereocenters. The quantitative estimate of drug-likeness (QED) is 0.0641. The Labute approximate surface area is 342 Å². The first-order valence-electron chi connectivity index (χ1n) is 19.4. The van der Waals surface area contributed by atoms with Gasteiger partial charge in [-0.15, -0.1) is 0 Å². The Hall–Kier alpha value is -4.58. The molecular weight excluding hydrogens is 781 g/mol. The number of hydrogen-bond donors (Lipinski definition) is 6.